The van der Waals surface area contributed by atoms with E-state index in [1.807, 2.05) is 6.07 Å². The van der Waals surface area contributed by atoms with Crippen molar-refractivity contribution in [1.29, 1.82) is 0 Å². The molecule has 0 radical (unpaired) electrons. The van der Waals surface area contributed by atoms with Gasteiger partial charge in [-0.15, -0.1) is 11.3 Å². The lowest BCUT2D eigenvalue weighted by Gasteiger charge is -2.31. The Hall–Kier alpha value is -3.13. The smallest absolute Gasteiger partial charge is 0.339 e. The number of carbonyl (C=O) groups is 3. The molecule has 1 aliphatic heterocycles. The number of nitrogens with one attached hydrogen (secondary N) is 1. The second-order valence-electron chi connectivity index (χ2n) is 8.24. The Morgan fingerprint density at radius 3 is 2.06 bits per heavy atom. The highest BCUT2D eigenvalue weighted by Crippen LogP contribution is 2.51. The van der Waals surface area contributed by atoms with Crippen LogP contribution in [0.2, 0.25) is 0 Å². The number of methoxy groups -OCH3 is 1. The van der Waals surface area contributed by atoms with Crippen LogP contribution in [0.15, 0.2) is 46.1 Å². The first-order chi connectivity index (χ1) is 14.9. The number of esters is 1. The number of hydrogen-bond acceptors (Lipinski definition) is 6. The quantitative estimate of drug-likeness (QED) is 0.586. The molecule has 1 aromatic carbocycles. The molecule has 0 spiro atoms. The Bertz CT molecular complexity index is 1150. The molecule has 3 aliphatic rings. The standard InChI is InChI=1S/C23H21NO6S/c1-30-23(29)13-4-2-3-12-14(9-31-20(12)13)15-16(21(25)26)18(10-5-6-10)24-19(11-7-8-11)17(15)22(27)28/h2-4,9-11,15,24H,5-8H2,1H3,(H,25,26)(H,27,28). The highest BCUT2D eigenvalue weighted by Gasteiger charge is 2.46. The number of rotatable bonds is 6. The number of carboxylic acids is 2. The molecule has 0 atom stereocenters. The first-order valence-corrected chi connectivity index (χ1v) is 11.1. The molecule has 2 heterocycles. The molecule has 31 heavy (non-hydrogen) atoms. The summed E-state index contributed by atoms with van der Waals surface area (Å²) in [5.74, 6) is -3.37. The van der Waals surface area contributed by atoms with E-state index in [2.05, 4.69) is 5.32 Å². The van der Waals surface area contributed by atoms with E-state index < -0.39 is 23.8 Å². The van der Waals surface area contributed by atoms with Crippen LogP contribution < -0.4 is 5.32 Å². The van der Waals surface area contributed by atoms with Crippen molar-refractivity contribution in [2.75, 3.05) is 7.11 Å². The maximum Gasteiger partial charge on any atom is 0.339 e. The van der Waals surface area contributed by atoms with Gasteiger partial charge in [-0.2, -0.15) is 0 Å². The SMILES string of the molecule is COC(=O)c1cccc2c(C3C(C(=O)O)=C(C4CC4)NC(C4CC4)=C3C(=O)O)csc12. The minimum atomic E-state index is -1.11. The van der Waals surface area contributed by atoms with Crippen LogP contribution in [0.25, 0.3) is 10.1 Å². The van der Waals surface area contributed by atoms with Crippen LogP contribution in [0.1, 0.15) is 47.5 Å². The first-order valence-electron chi connectivity index (χ1n) is 10.2. The fraction of sp³-hybridized carbons (Fsp3) is 0.348. The fourth-order valence-corrected chi connectivity index (χ4v) is 5.58. The number of carbonyl (C=O) groups excluding carboxylic acids is 1. The zero-order valence-corrected chi connectivity index (χ0v) is 17.6. The maximum absolute atomic E-state index is 12.4. The van der Waals surface area contributed by atoms with Crippen molar-refractivity contribution in [3.63, 3.8) is 0 Å². The summed E-state index contributed by atoms with van der Waals surface area (Å²) in [6, 6.07) is 5.18. The number of carboxylic acid groups (broad SMARTS) is 2. The molecule has 3 N–H and O–H groups in total. The van der Waals surface area contributed by atoms with Gasteiger partial charge in [0.1, 0.15) is 0 Å². The Labute approximate surface area is 182 Å². The Kier molecular flexibility index (Phi) is 4.62. The fourth-order valence-electron chi connectivity index (χ4n) is 4.48. The molecule has 1 aromatic heterocycles. The third-order valence-corrected chi connectivity index (χ3v) is 7.25. The molecule has 8 heteroatoms. The Morgan fingerprint density at radius 2 is 1.58 bits per heavy atom. The molecule has 5 rings (SSSR count). The summed E-state index contributed by atoms with van der Waals surface area (Å²) in [5.41, 5.74) is 2.50. The van der Waals surface area contributed by atoms with E-state index in [1.54, 1.807) is 17.5 Å². The second-order valence-corrected chi connectivity index (χ2v) is 9.12. The van der Waals surface area contributed by atoms with Crippen LogP contribution in [0.4, 0.5) is 0 Å². The number of fused-ring (bicyclic) bond motifs is 1. The van der Waals surface area contributed by atoms with Crippen molar-refractivity contribution in [2.24, 2.45) is 11.8 Å². The Balaban J connectivity index is 1.77. The number of allylic oxidation sites excluding steroid dienone is 2. The van der Waals surface area contributed by atoms with Crippen molar-refractivity contribution in [1.82, 2.24) is 5.32 Å². The largest absolute Gasteiger partial charge is 0.478 e. The van der Waals surface area contributed by atoms with E-state index in [1.165, 1.54) is 18.4 Å². The van der Waals surface area contributed by atoms with Gasteiger partial charge in [-0.1, -0.05) is 12.1 Å². The van der Waals surface area contributed by atoms with E-state index in [0.29, 0.717) is 32.6 Å². The minimum absolute atomic E-state index is 0.104. The van der Waals surface area contributed by atoms with E-state index in [4.69, 9.17) is 4.74 Å². The lowest BCUT2D eigenvalue weighted by Crippen LogP contribution is -2.34. The van der Waals surface area contributed by atoms with Crippen LogP contribution in [0, 0.1) is 11.8 Å². The van der Waals surface area contributed by atoms with Gasteiger partial charge < -0.3 is 20.3 Å². The second kappa shape index (κ2) is 7.23. The number of dihydropyridines is 1. The molecular formula is C23H21NO6S. The van der Waals surface area contributed by atoms with Crippen molar-refractivity contribution in [3.05, 3.63) is 57.2 Å². The average Bonchev–Trinajstić information content (AvgIpc) is 3.67. The molecule has 0 unspecified atom stereocenters. The van der Waals surface area contributed by atoms with Crippen molar-refractivity contribution in [2.45, 2.75) is 31.6 Å². The molecule has 2 aliphatic carbocycles. The molecule has 0 saturated heterocycles. The van der Waals surface area contributed by atoms with Gasteiger partial charge in [0.15, 0.2) is 0 Å². The zero-order chi connectivity index (χ0) is 21.9. The topological polar surface area (TPSA) is 113 Å². The van der Waals surface area contributed by atoms with Gasteiger partial charge >= 0.3 is 17.9 Å². The molecule has 2 aromatic rings. The van der Waals surface area contributed by atoms with Gasteiger partial charge in [0.05, 0.1) is 29.7 Å². The van der Waals surface area contributed by atoms with Gasteiger partial charge in [-0.25, -0.2) is 14.4 Å². The molecule has 160 valence electrons. The van der Waals surface area contributed by atoms with Crippen LogP contribution in [-0.2, 0) is 14.3 Å². The average molecular weight is 439 g/mol. The normalized spacial score (nSPS) is 19.5. The maximum atomic E-state index is 12.4. The highest BCUT2D eigenvalue weighted by molar-refractivity contribution is 7.17. The van der Waals surface area contributed by atoms with Crippen LogP contribution in [0.5, 0.6) is 0 Å². The van der Waals surface area contributed by atoms with Crippen LogP contribution in [-0.4, -0.2) is 35.2 Å². The number of ether oxygens (including phenoxy) is 1. The monoisotopic (exact) mass is 439 g/mol. The predicted molar refractivity (Wildman–Crippen MR) is 114 cm³/mol. The van der Waals surface area contributed by atoms with E-state index in [-0.39, 0.29) is 23.0 Å². The van der Waals surface area contributed by atoms with Gasteiger partial charge in [-0.05, 0) is 59.9 Å². The summed E-state index contributed by atoms with van der Waals surface area (Å²) in [6.45, 7) is 0. The zero-order valence-electron chi connectivity index (χ0n) is 16.8. The Morgan fingerprint density at radius 1 is 1.00 bits per heavy atom. The number of aliphatic carboxylic acids is 2. The van der Waals surface area contributed by atoms with Crippen LogP contribution in [0.3, 0.4) is 0 Å². The third-order valence-electron chi connectivity index (χ3n) is 6.21. The summed E-state index contributed by atoms with van der Waals surface area (Å²) in [6.07, 6.45) is 3.57. The minimum Gasteiger partial charge on any atom is -0.478 e. The van der Waals surface area contributed by atoms with Gasteiger partial charge in [-0.3, -0.25) is 0 Å². The van der Waals surface area contributed by atoms with Gasteiger partial charge in [0.25, 0.3) is 0 Å². The molecule has 7 nitrogen and oxygen atoms in total. The van der Waals surface area contributed by atoms with E-state index >= 15 is 0 Å². The highest BCUT2D eigenvalue weighted by atomic mass is 32.1. The van der Waals surface area contributed by atoms with Crippen LogP contribution >= 0.6 is 11.3 Å². The number of hydrogen-bond donors (Lipinski definition) is 3. The molecular weight excluding hydrogens is 418 g/mol. The summed E-state index contributed by atoms with van der Waals surface area (Å²) >= 11 is 1.30. The van der Waals surface area contributed by atoms with E-state index in [0.717, 1.165) is 25.7 Å². The summed E-state index contributed by atoms with van der Waals surface area (Å²) in [7, 11) is 1.31. The molecule has 2 fully saturated rings. The third kappa shape index (κ3) is 3.22. The predicted octanol–water partition coefficient (Wildman–Crippen LogP) is 3.87. The van der Waals surface area contributed by atoms with Gasteiger partial charge in [0.2, 0.25) is 0 Å². The summed E-state index contributed by atoms with van der Waals surface area (Å²) in [4.78, 5) is 37.1. The lowest BCUT2D eigenvalue weighted by atomic mass is 9.78. The lowest BCUT2D eigenvalue weighted by molar-refractivity contribution is -0.133. The van der Waals surface area contributed by atoms with Gasteiger partial charge in [0, 0.05) is 16.1 Å². The van der Waals surface area contributed by atoms with Crippen molar-refractivity contribution in [3.8, 4) is 0 Å². The molecule has 0 amide bonds. The molecule has 0 bridgehead atoms. The summed E-state index contributed by atoms with van der Waals surface area (Å²) < 4.78 is 5.55. The molecule has 2 saturated carbocycles. The van der Waals surface area contributed by atoms with Crippen molar-refractivity contribution >= 4 is 39.3 Å². The number of thiophene rings is 1. The number of benzene rings is 1. The van der Waals surface area contributed by atoms with E-state index in [9.17, 15) is 24.6 Å². The van der Waals surface area contributed by atoms with Crippen molar-refractivity contribution < 1.29 is 29.3 Å². The first kappa shape index (κ1) is 19.8. The summed E-state index contributed by atoms with van der Waals surface area (Å²) in [5, 5.41) is 26.0.